The number of rotatable bonds is 8. The summed E-state index contributed by atoms with van der Waals surface area (Å²) in [5.41, 5.74) is 3.81. The van der Waals surface area contributed by atoms with Gasteiger partial charge in [0.2, 0.25) is 5.91 Å². The zero-order valence-electron chi connectivity index (χ0n) is 18.4. The Hall–Kier alpha value is -3.34. The highest BCUT2D eigenvalue weighted by atomic mass is 32.2. The third-order valence-corrected chi connectivity index (χ3v) is 6.43. The van der Waals surface area contributed by atoms with Crippen molar-refractivity contribution in [2.45, 2.75) is 24.0 Å². The molecule has 0 saturated carbocycles. The maximum atomic E-state index is 12.4. The van der Waals surface area contributed by atoms with Crippen LogP contribution < -0.4 is 10.1 Å². The number of benzene rings is 2. The maximum absolute atomic E-state index is 12.4. The summed E-state index contributed by atoms with van der Waals surface area (Å²) in [6.45, 7) is 1.27. The first-order valence-electron chi connectivity index (χ1n) is 10.8. The molecule has 1 aromatic heterocycles. The smallest absolute Gasteiger partial charge is 0.230 e. The Kier molecular flexibility index (Phi) is 7.61. The molecule has 0 unspecified atom stereocenters. The molecule has 1 N–H and O–H groups in total. The highest BCUT2D eigenvalue weighted by Crippen LogP contribution is 2.34. The van der Waals surface area contributed by atoms with Gasteiger partial charge in [0.05, 0.1) is 30.2 Å². The molecular formula is C26H25N3O3S. The minimum absolute atomic E-state index is 0.0924. The standard InChI is InChI=1S/C26H25N3O3S/c1-31-20-11-9-18(10-12-20)22-14-24(19-6-3-2-4-7-19)29-26(23(22)15-27)33-17-25(30)28-16-21-8-5-13-32-21/h2-4,6-7,9-12,14,21H,5,8,13,16-17H2,1H3,(H,28,30)/t21-/m1/s1. The summed E-state index contributed by atoms with van der Waals surface area (Å²) in [4.78, 5) is 17.2. The normalized spacial score (nSPS) is 15.1. The molecule has 6 nitrogen and oxygen atoms in total. The van der Waals surface area contributed by atoms with Crippen molar-refractivity contribution in [2.75, 3.05) is 26.0 Å². The molecule has 0 bridgehead atoms. The van der Waals surface area contributed by atoms with Crippen molar-refractivity contribution < 1.29 is 14.3 Å². The van der Waals surface area contributed by atoms with Crippen molar-refractivity contribution in [2.24, 2.45) is 0 Å². The Morgan fingerprint density at radius 2 is 2.00 bits per heavy atom. The van der Waals surface area contributed by atoms with E-state index in [0.29, 0.717) is 17.1 Å². The van der Waals surface area contributed by atoms with Gasteiger partial charge in [0.25, 0.3) is 0 Å². The van der Waals surface area contributed by atoms with E-state index in [2.05, 4.69) is 11.4 Å². The lowest BCUT2D eigenvalue weighted by Crippen LogP contribution is -2.32. The Balaban J connectivity index is 1.62. The van der Waals surface area contributed by atoms with E-state index >= 15 is 0 Å². The minimum Gasteiger partial charge on any atom is -0.497 e. The van der Waals surface area contributed by atoms with Crippen molar-refractivity contribution in [3.63, 3.8) is 0 Å². The molecule has 1 saturated heterocycles. The monoisotopic (exact) mass is 459 g/mol. The molecule has 4 rings (SSSR count). The number of carbonyl (C=O) groups is 1. The summed E-state index contributed by atoms with van der Waals surface area (Å²) in [7, 11) is 1.62. The second kappa shape index (κ2) is 11.0. The van der Waals surface area contributed by atoms with E-state index in [-0.39, 0.29) is 17.8 Å². The van der Waals surface area contributed by atoms with Gasteiger partial charge in [0.15, 0.2) is 0 Å². The predicted octanol–water partition coefficient (Wildman–Crippen LogP) is 4.68. The van der Waals surface area contributed by atoms with Gasteiger partial charge in [-0.15, -0.1) is 0 Å². The number of carbonyl (C=O) groups excluding carboxylic acids is 1. The number of nitrogens with zero attached hydrogens (tertiary/aromatic N) is 2. The van der Waals surface area contributed by atoms with Crippen LogP contribution in [-0.4, -0.2) is 43.0 Å². The molecule has 2 heterocycles. The van der Waals surface area contributed by atoms with E-state index < -0.39 is 0 Å². The van der Waals surface area contributed by atoms with Gasteiger partial charge >= 0.3 is 0 Å². The van der Waals surface area contributed by atoms with Crippen LogP contribution in [0.4, 0.5) is 0 Å². The molecule has 33 heavy (non-hydrogen) atoms. The van der Waals surface area contributed by atoms with Gasteiger partial charge in [0.1, 0.15) is 16.8 Å². The lowest BCUT2D eigenvalue weighted by atomic mass is 9.99. The molecule has 1 aliphatic rings. The van der Waals surface area contributed by atoms with Crippen molar-refractivity contribution in [1.29, 1.82) is 5.26 Å². The topological polar surface area (TPSA) is 84.2 Å². The Labute approximate surface area is 197 Å². The molecule has 7 heteroatoms. The van der Waals surface area contributed by atoms with Gasteiger partial charge in [-0.05, 0) is 36.6 Å². The molecule has 1 aliphatic heterocycles. The van der Waals surface area contributed by atoms with Crippen LogP contribution in [0.3, 0.4) is 0 Å². The molecule has 0 spiro atoms. The molecule has 2 aromatic carbocycles. The first-order valence-corrected chi connectivity index (χ1v) is 11.8. The highest BCUT2D eigenvalue weighted by molar-refractivity contribution is 8.00. The fourth-order valence-corrected chi connectivity index (χ4v) is 4.54. The van der Waals surface area contributed by atoms with Gasteiger partial charge in [-0.3, -0.25) is 4.79 Å². The van der Waals surface area contributed by atoms with Gasteiger partial charge in [-0.25, -0.2) is 4.98 Å². The fraction of sp³-hybridized carbons (Fsp3) is 0.269. The molecule has 3 aromatic rings. The summed E-state index contributed by atoms with van der Waals surface area (Å²) in [5.74, 6) is 0.818. The number of ether oxygens (including phenoxy) is 2. The van der Waals surface area contributed by atoms with E-state index in [1.165, 1.54) is 11.8 Å². The van der Waals surface area contributed by atoms with E-state index in [1.807, 2.05) is 60.7 Å². The number of thioether (sulfide) groups is 1. The summed E-state index contributed by atoms with van der Waals surface area (Å²) in [6, 6.07) is 21.6. The van der Waals surface area contributed by atoms with Crippen LogP contribution >= 0.6 is 11.8 Å². The SMILES string of the molecule is COc1ccc(-c2cc(-c3ccccc3)nc(SCC(=O)NC[C@H]3CCCO3)c2C#N)cc1. The lowest BCUT2D eigenvalue weighted by Gasteiger charge is -2.14. The van der Waals surface area contributed by atoms with Crippen LogP contribution in [0.1, 0.15) is 18.4 Å². The summed E-state index contributed by atoms with van der Waals surface area (Å²) < 4.78 is 10.8. The largest absolute Gasteiger partial charge is 0.497 e. The van der Waals surface area contributed by atoms with Crippen LogP contribution in [0.25, 0.3) is 22.4 Å². The first kappa shape index (κ1) is 22.8. The number of hydrogen-bond acceptors (Lipinski definition) is 6. The highest BCUT2D eigenvalue weighted by Gasteiger charge is 2.19. The number of pyridine rings is 1. The quantitative estimate of drug-likeness (QED) is 0.492. The number of nitrogens with one attached hydrogen (secondary N) is 1. The molecule has 0 aliphatic carbocycles. The average molecular weight is 460 g/mol. The van der Waals surface area contributed by atoms with Gasteiger partial charge in [-0.2, -0.15) is 5.26 Å². The van der Waals surface area contributed by atoms with Crippen LogP contribution in [-0.2, 0) is 9.53 Å². The first-order chi connectivity index (χ1) is 16.2. The molecule has 1 amide bonds. The summed E-state index contributed by atoms with van der Waals surface area (Å²) >= 11 is 1.28. The van der Waals surface area contributed by atoms with E-state index in [1.54, 1.807) is 7.11 Å². The molecule has 0 radical (unpaired) electrons. The summed E-state index contributed by atoms with van der Waals surface area (Å²) in [5, 5.41) is 13.5. The predicted molar refractivity (Wildman–Crippen MR) is 129 cm³/mol. The second-order valence-corrected chi connectivity index (χ2v) is 8.63. The molecule has 1 atom stereocenters. The fourth-order valence-electron chi connectivity index (χ4n) is 3.71. The van der Waals surface area contributed by atoms with Gasteiger partial charge < -0.3 is 14.8 Å². The number of aromatic nitrogens is 1. The van der Waals surface area contributed by atoms with E-state index in [0.717, 1.165) is 47.6 Å². The Morgan fingerprint density at radius 3 is 2.67 bits per heavy atom. The Bertz CT molecular complexity index is 1140. The second-order valence-electron chi connectivity index (χ2n) is 7.67. The lowest BCUT2D eigenvalue weighted by molar-refractivity contribution is -0.119. The average Bonchev–Trinajstić information content (AvgIpc) is 3.40. The van der Waals surface area contributed by atoms with Crippen LogP contribution in [0.2, 0.25) is 0 Å². The number of amides is 1. The van der Waals surface area contributed by atoms with Crippen molar-refractivity contribution in [3.05, 3.63) is 66.2 Å². The van der Waals surface area contributed by atoms with Crippen molar-refractivity contribution in [1.82, 2.24) is 10.3 Å². The van der Waals surface area contributed by atoms with Crippen LogP contribution in [0, 0.1) is 11.3 Å². The number of methoxy groups -OCH3 is 1. The molecule has 168 valence electrons. The molecule has 1 fully saturated rings. The van der Waals surface area contributed by atoms with E-state index in [9.17, 15) is 10.1 Å². The third kappa shape index (κ3) is 5.72. The van der Waals surface area contributed by atoms with Crippen molar-refractivity contribution >= 4 is 17.7 Å². The van der Waals surface area contributed by atoms with Crippen LogP contribution in [0.15, 0.2) is 65.7 Å². The zero-order valence-corrected chi connectivity index (χ0v) is 19.2. The molecular weight excluding hydrogens is 434 g/mol. The summed E-state index contributed by atoms with van der Waals surface area (Å²) in [6.07, 6.45) is 2.10. The van der Waals surface area contributed by atoms with Crippen LogP contribution in [0.5, 0.6) is 5.75 Å². The van der Waals surface area contributed by atoms with Crippen molar-refractivity contribution in [3.8, 4) is 34.2 Å². The third-order valence-electron chi connectivity index (χ3n) is 5.46. The number of hydrogen-bond donors (Lipinski definition) is 1. The minimum atomic E-state index is -0.0997. The number of nitriles is 1. The van der Waals surface area contributed by atoms with E-state index in [4.69, 9.17) is 14.5 Å². The zero-order chi connectivity index (χ0) is 23.0. The Morgan fingerprint density at radius 1 is 1.21 bits per heavy atom. The maximum Gasteiger partial charge on any atom is 0.230 e. The van der Waals surface area contributed by atoms with Gasteiger partial charge in [0, 0.05) is 24.3 Å². The van der Waals surface area contributed by atoms with Gasteiger partial charge in [-0.1, -0.05) is 54.2 Å².